The first-order chi connectivity index (χ1) is 25.7. The number of fused-ring (bicyclic) bond motifs is 1. The van der Waals surface area contributed by atoms with Crippen LogP contribution < -0.4 is 20.5 Å². The first-order valence-electron chi connectivity index (χ1n) is 18.7. The number of nitrogens with zero attached hydrogens (tertiary/aromatic N) is 3. The molecule has 5 unspecified atom stereocenters. The minimum atomic E-state index is -3.63. The molecule has 3 aliphatic rings. The summed E-state index contributed by atoms with van der Waals surface area (Å²) in [4.78, 5) is 57.3. The van der Waals surface area contributed by atoms with Crippen LogP contribution in [0.5, 0.6) is 6.01 Å². The molecule has 54 heavy (non-hydrogen) atoms. The van der Waals surface area contributed by atoms with Crippen molar-refractivity contribution in [3.05, 3.63) is 66.2 Å². The Hall–Kier alpha value is -4.92. The van der Waals surface area contributed by atoms with Gasteiger partial charge >= 0.3 is 5.97 Å². The predicted octanol–water partition coefficient (Wildman–Crippen LogP) is 4.77. The van der Waals surface area contributed by atoms with Gasteiger partial charge in [-0.3, -0.25) is 23.7 Å². The zero-order valence-corrected chi connectivity index (χ0v) is 31.8. The Morgan fingerprint density at radius 3 is 2.46 bits per heavy atom. The van der Waals surface area contributed by atoms with E-state index >= 15 is 0 Å². The Morgan fingerprint density at radius 2 is 1.80 bits per heavy atom. The summed E-state index contributed by atoms with van der Waals surface area (Å²) in [5.74, 6) is -2.70. The van der Waals surface area contributed by atoms with Crippen LogP contribution in [0.2, 0.25) is 0 Å². The summed E-state index contributed by atoms with van der Waals surface area (Å²) < 4.78 is 34.4. The third-order valence-corrected chi connectivity index (χ3v) is 12.9. The highest BCUT2D eigenvalue weighted by Gasteiger charge is 2.52. The molecule has 3 fully saturated rings. The van der Waals surface area contributed by atoms with E-state index in [1.807, 2.05) is 60.9 Å². The molecular weight excluding hydrogens is 713 g/mol. The number of ether oxygens (including phenoxy) is 1. The summed E-state index contributed by atoms with van der Waals surface area (Å²) in [6.07, 6.45) is 9.10. The summed E-state index contributed by atoms with van der Waals surface area (Å²) in [6, 6.07) is 12.9. The number of primary amides is 1. The molecule has 2 aromatic carbocycles. The van der Waals surface area contributed by atoms with E-state index in [0.717, 1.165) is 31.4 Å². The zero-order chi connectivity index (χ0) is 38.8. The first-order valence-corrected chi connectivity index (χ1v) is 20.2. The van der Waals surface area contributed by atoms with Gasteiger partial charge in [-0.15, -0.1) is 0 Å². The molecule has 290 valence electrons. The van der Waals surface area contributed by atoms with Gasteiger partial charge in [-0.2, -0.15) is 4.98 Å². The fourth-order valence-electron chi connectivity index (χ4n) is 7.15. The number of para-hydroxylation sites is 2. The van der Waals surface area contributed by atoms with E-state index in [-0.39, 0.29) is 48.3 Å². The van der Waals surface area contributed by atoms with Crippen molar-refractivity contribution in [2.45, 2.75) is 108 Å². The van der Waals surface area contributed by atoms with E-state index < -0.39 is 50.7 Å². The monoisotopic (exact) mass is 762 g/mol. The predicted molar refractivity (Wildman–Crippen MR) is 203 cm³/mol. The highest BCUT2D eigenvalue weighted by atomic mass is 32.2. The second-order valence-corrected chi connectivity index (χ2v) is 17.5. The number of nitrogens with two attached hydrogens (primary N) is 1. The number of hydrogen-bond donors (Lipinski definition) is 4. The minimum Gasteiger partial charge on any atom is -0.478 e. The number of aromatic carboxylic acids is 1. The van der Waals surface area contributed by atoms with Crippen molar-refractivity contribution in [3.63, 3.8) is 0 Å². The van der Waals surface area contributed by atoms with E-state index in [1.165, 1.54) is 11.0 Å². The second kappa shape index (κ2) is 15.8. The molecule has 2 aliphatic carbocycles. The number of allylic oxidation sites excluding steroid dienone is 2. The molecule has 3 aromatic rings. The molecule has 1 saturated heterocycles. The Balaban J connectivity index is 1.05. The van der Waals surface area contributed by atoms with Crippen LogP contribution >= 0.6 is 0 Å². The van der Waals surface area contributed by atoms with E-state index in [1.54, 1.807) is 19.1 Å². The van der Waals surface area contributed by atoms with E-state index in [4.69, 9.17) is 10.5 Å². The lowest BCUT2D eigenvalue weighted by molar-refractivity contribution is -0.138. The molecule has 2 saturated carbocycles. The number of carboxylic acid groups (broad SMARTS) is 1. The summed E-state index contributed by atoms with van der Waals surface area (Å²) in [5, 5.41) is 13.1. The fraction of sp³-hybridized carbons (Fsp3) is 0.513. The Labute approximate surface area is 315 Å². The normalized spacial score (nSPS) is 22.3. The molecule has 2 heterocycles. The topological polar surface area (TPSA) is 203 Å². The Morgan fingerprint density at radius 1 is 1.06 bits per heavy atom. The van der Waals surface area contributed by atoms with Gasteiger partial charge in [-0.1, -0.05) is 49.3 Å². The molecule has 3 amide bonds. The van der Waals surface area contributed by atoms with Gasteiger partial charge in [0.05, 0.1) is 22.4 Å². The number of unbranched alkanes of at least 4 members (excludes halogenated alkanes) is 3. The van der Waals surface area contributed by atoms with Crippen molar-refractivity contribution in [2.24, 2.45) is 17.6 Å². The molecule has 0 spiro atoms. The van der Waals surface area contributed by atoms with Crippen LogP contribution in [0.4, 0.5) is 5.69 Å². The summed E-state index contributed by atoms with van der Waals surface area (Å²) >= 11 is 0. The number of benzene rings is 2. The lowest BCUT2D eigenvalue weighted by Gasteiger charge is -2.28. The van der Waals surface area contributed by atoms with Crippen molar-refractivity contribution in [3.8, 4) is 6.01 Å². The van der Waals surface area contributed by atoms with Crippen LogP contribution in [0, 0.1) is 11.8 Å². The average Bonchev–Trinajstić information content (AvgIpc) is 4.00. The number of likely N-dealkylation sites (tertiary alicyclic amines) is 1. The van der Waals surface area contributed by atoms with Gasteiger partial charge < -0.3 is 25.8 Å². The smallest absolute Gasteiger partial charge is 0.337 e. The molecule has 1 aliphatic heterocycles. The maximum atomic E-state index is 14.2. The standard InChI is InChI=1S/C39H50N6O8S/c1-24(2)45-31-18-12-16-28(37(49)50)33(31)42-38(45)53-27-22-32(34(40)46)44(23-27)36(48)30(41-26-14-9-7-10-15-26)17-11-6-4-5-8-13-25-21-29(25)35(47)43-54(51,52)39(3)19-20-39/h7-10,12-16,18,24-25,27,29-30,32,41H,4-6,11,17,19-23H2,1-3H3,(H2,40,46)(H,43,47)(H,49,50). The summed E-state index contributed by atoms with van der Waals surface area (Å²) in [5.41, 5.74) is 7.56. The first kappa shape index (κ1) is 38.8. The SMILES string of the molecule is CC(C)n1c(OC2CC(C(N)=O)N(C(=O)C(CCCCCC=CC3CC3C(=O)NS(=O)(=O)C3(C)CC3)Nc3ccccc3)C2)nc2c(C(=O)O)cccc21. The molecule has 5 N–H and O–H groups in total. The molecular formula is C39H50N6O8S. The number of rotatable bonds is 18. The number of carbonyl (C=O) groups excluding carboxylic acids is 3. The number of aromatic nitrogens is 2. The van der Waals surface area contributed by atoms with Gasteiger partial charge in [0.1, 0.15) is 23.7 Å². The van der Waals surface area contributed by atoms with Crippen LogP contribution in [0.25, 0.3) is 11.0 Å². The highest BCUT2D eigenvalue weighted by molar-refractivity contribution is 7.91. The van der Waals surface area contributed by atoms with E-state index in [2.05, 4.69) is 15.0 Å². The lowest BCUT2D eigenvalue weighted by atomic mass is 10.0. The van der Waals surface area contributed by atoms with Gasteiger partial charge in [-0.05, 0) is 89.5 Å². The number of amides is 3. The maximum absolute atomic E-state index is 14.2. The zero-order valence-electron chi connectivity index (χ0n) is 30.9. The largest absolute Gasteiger partial charge is 0.478 e. The molecule has 14 nitrogen and oxygen atoms in total. The number of carboxylic acids is 1. The minimum absolute atomic E-state index is 0.0440. The van der Waals surface area contributed by atoms with Crippen molar-refractivity contribution < 1.29 is 37.4 Å². The molecule has 0 radical (unpaired) electrons. The average molecular weight is 763 g/mol. The van der Waals surface area contributed by atoms with Gasteiger partial charge in [0, 0.05) is 24.1 Å². The number of anilines is 1. The Bertz CT molecular complexity index is 2030. The highest BCUT2D eigenvalue weighted by Crippen LogP contribution is 2.44. The van der Waals surface area contributed by atoms with Crippen molar-refractivity contribution in [1.29, 1.82) is 0 Å². The van der Waals surface area contributed by atoms with Crippen molar-refractivity contribution >= 4 is 50.4 Å². The lowest BCUT2D eigenvalue weighted by Crippen LogP contribution is -2.49. The fourth-order valence-corrected chi connectivity index (χ4v) is 8.45. The quantitative estimate of drug-likeness (QED) is 0.103. The van der Waals surface area contributed by atoms with Crippen LogP contribution in [0.15, 0.2) is 60.7 Å². The van der Waals surface area contributed by atoms with E-state index in [0.29, 0.717) is 36.7 Å². The number of nitrogens with one attached hydrogen (secondary N) is 2. The maximum Gasteiger partial charge on any atom is 0.337 e. The van der Waals surface area contributed by atoms with Crippen molar-refractivity contribution in [1.82, 2.24) is 19.2 Å². The van der Waals surface area contributed by atoms with Crippen molar-refractivity contribution in [2.75, 3.05) is 11.9 Å². The molecule has 15 heteroatoms. The molecule has 6 rings (SSSR count). The molecule has 5 atom stereocenters. The van der Waals surface area contributed by atoms with Gasteiger partial charge in [0.2, 0.25) is 27.7 Å². The number of imidazole rings is 1. The number of hydrogen-bond acceptors (Lipinski definition) is 9. The second-order valence-electron chi connectivity index (χ2n) is 15.3. The summed E-state index contributed by atoms with van der Waals surface area (Å²) in [7, 11) is -3.63. The number of sulfonamides is 1. The molecule has 0 bridgehead atoms. The Kier molecular flexibility index (Phi) is 11.4. The third kappa shape index (κ3) is 8.56. The summed E-state index contributed by atoms with van der Waals surface area (Å²) in [6.45, 7) is 5.63. The van der Waals surface area contributed by atoms with Crippen LogP contribution in [-0.2, 0) is 24.4 Å². The van der Waals surface area contributed by atoms with E-state index in [9.17, 15) is 32.7 Å². The number of carbonyl (C=O) groups is 4. The van der Waals surface area contributed by atoms with Gasteiger partial charge in [0.25, 0.3) is 6.01 Å². The van der Waals surface area contributed by atoms with Gasteiger partial charge in [0.15, 0.2) is 0 Å². The molecule has 1 aromatic heterocycles. The van der Waals surface area contributed by atoms with Gasteiger partial charge in [-0.25, -0.2) is 13.2 Å². The van der Waals surface area contributed by atoms with Crippen LogP contribution in [0.3, 0.4) is 0 Å². The van der Waals surface area contributed by atoms with Crippen LogP contribution in [-0.4, -0.2) is 81.1 Å². The third-order valence-electron chi connectivity index (χ3n) is 10.8. The van der Waals surface area contributed by atoms with Crippen LogP contribution in [0.1, 0.15) is 95.0 Å².